The van der Waals surface area contributed by atoms with Crippen molar-refractivity contribution in [1.82, 2.24) is 14.9 Å². The SMILES string of the molecule is CC(C)c1c(O)c2cc(/C=C/C(=O)N(C)Cc3ccc4c5c(cccc35)CC4)cnc2[nH]c1=O. The van der Waals surface area contributed by atoms with Crippen molar-refractivity contribution >= 4 is 33.8 Å². The molecule has 0 aliphatic heterocycles. The molecular weight excluding hydrogens is 426 g/mol. The van der Waals surface area contributed by atoms with Gasteiger partial charge in [-0.2, -0.15) is 0 Å². The van der Waals surface area contributed by atoms with E-state index in [1.54, 1.807) is 30.3 Å². The van der Waals surface area contributed by atoms with Crippen molar-refractivity contribution in [2.75, 3.05) is 7.05 Å². The first-order valence-corrected chi connectivity index (χ1v) is 11.5. The number of hydrogen-bond acceptors (Lipinski definition) is 4. The Morgan fingerprint density at radius 3 is 2.71 bits per heavy atom. The topological polar surface area (TPSA) is 86.3 Å². The van der Waals surface area contributed by atoms with Crippen LogP contribution in [0.3, 0.4) is 0 Å². The Labute approximate surface area is 197 Å². The van der Waals surface area contributed by atoms with Crippen molar-refractivity contribution in [3.8, 4) is 5.75 Å². The zero-order chi connectivity index (χ0) is 24.0. The van der Waals surface area contributed by atoms with Crippen molar-refractivity contribution in [1.29, 1.82) is 0 Å². The summed E-state index contributed by atoms with van der Waals surface area (Å²) < 4.78 is 0. The van der Waals surface area contributed by atoms with Gasteiger partial charge < -0.3 is 15.0 Å². The first kappa shape index (κ1) is 21.9. The van der Waals surface area contributed by atoms with Crippen LogP contribution in [-0.2, 0) is 24.2 Å². The summed E-state index contributed by atoms with van der Waals surface area (Å²) in [6, 6.07) is 12.5. The highest BCUT2D eigenvalue weighted by Gasteiger charge is 2.18. The molecule has 34 heavy (non-hydrogen) atoms. The van der Waals surface area contributed by atoms with E-state index in [0.717, 1.165) is 18.4 Å². The van der Waals surface area contributed by atoms with Gasteiger partial charge in [0.2, 0.25) is 5.91 Å². The van der Waals surface area contributed by atoms with E-state index >= 15 is 0 Å². The molecule has 2 N–H and O–H groups in total. The predicted molar refractivity (Wildman–Crippen MR) is 135 cm³/mol. The number of nitrogens with zero attached hydrogens (tertiary/aromatic N) is 2. The molecular formula is C28H27N3O3. The number of nitrogens with one attached hydrogen (secondary N) is 1. The van der Waals surface area contributed by atoms with E-state index < -0.39 is 0 Å². The second-order valence-corrected chi connectivity index (χ2v) is 9.29. The molecule has 0 saturated carbocycles. The normalized spacial score (nSPS) is 12.9. The number of H-pyrrole nitrogens is 1. The molecule has 0 radical (unpaired) electrons. The summed E-state index contributed by atoms with van der Waals surface area (Å²) in [7, 11) is 1.79. The second-order valence-electron chi connectivity index (χ2n) is 9.29. The Hall–Kier alpha value is -3.93. The average molecular weight is 454 g/mol. The van der Waals surface area contributed by atoms with E-state index in [9.17, 15) is 14.7 Å². The number of benzene rings is 2. The number of aromatic nitrogens is 2. The first-order valence-electron chi connectivity index (χ1n) is 11.5. The van der Waals surface area contributed by atoms with Crippen LogP contribution >= 0.6 is 0 Å². The lowest BCUT2D eigenvalue weighted by Crippen LogP contribution is -2.24. The molecule has 4 aromatic rings. The van der Waals surface area contributed by atoms with Crippen molar-refractivity contribution in [2.45, 2.75) is 39.2 Å². The van der Waals surface area contributed by atoms with Gasteiger partial charge in [-0.3, -0.25) is 9.59 Å². The largest absolute Gasteiger partial charge is 0.507 e. The average Bonchev–Trinajstić information content (AvgIpc) is 3.24. The van der Waals surface area contributed by atoms with E-state index in [2.05, 4.69) is 40.3 Å². The summed E-state index contributed by atoms with van der Waals surface area (Å²) >= 11 is 0. The third kappa shape index (κ3) is 3.75. The molecule has 1 aliphatic rings. The molecule has 6 nitrogen and oxygen atoms in total. The van der Waals surface area contributed by atoms with Crippen molar-refractivity contribution < 1.29 is 9.90 Å². The lowest BCUT2D eigenvalue weighted by atomic mass is 9.99. The number of pyridine rings is 2. The minimum absolute atomic E-state index is 0.0630. The standard InChI is InChI=1S/C28H27N3O3/c1-16(2)24-26(33)22-13-17(14-29-27(22)30-28(24)34)7-12-23(32)31(3)15-20-11-10-19-9-8-18-5-4-6-21(20)25(18)19/h4-7,10-14,16H,8-9,15H2,1-3H3,(H2,29,30,33,34)/b12-7+. The molecule has 0 saturated heterocycles. The molecule has 0 bridgehead atoms. The van der Waals surface area contributed by atoms with E-state index in [0.29, 0.717) is 28.7 Å². The maximum absolute atomic E-state index is 12.8. The minimum atomic E-state index is -0.337. The molecule has 6 heteroatoms. The number of amides is 1. The summed E-state index contributed by atoms with van der Waals surface area (Å²) in [5.74, 6) is -0.322. The smallest absolute Gasteiger partial charge is 0.256 e. The van der Waals surface area contributed by atoms with Crippen LogP contribution in [0.5, 0.6) is 5.75 Å². The summed E-state index contributed by atoms with van der Waals surface area (Å²) in [5, 5.41) is 13.7. The molecule has 1 amide bonds. The van der Waals surface area contributed by atoms with Crippen LogP contribution in [0, 0.1) is 0 Å². The van der Waals surface area contributed by atoms with Crippen LogP contribution in [-0.4, -0.2) is 32.9 Å². The summed E-state index contributed by atoms with van der Waals surface area (Å²) in [4.78, 5) is 33.7. The number of aryl methyl sites for hydroxylation is 2. The zero-order valence-electron chi connectivity index (χ0n) is 19.6. The third-order valence-electron chi connectivity index (χ3n) is 6.64. The first-order chi connectivity index (χ1) is 16.3. The van der Waals surface area contributed by atoms with Gasteiger partial charge >= 0.3 is 0 Å². The van der Waals surface area contributed by atoms with Gasteiger partial charge in [-0.15, -0.1) is 0 Å². The fourth-order valence-electron chi connectivity index (χ4n) is 4.89. The number of carbonyl (C=O) groups excluding carboxylic acids is 1. The van der Waals surface area contributed by atoms with Crippen LogP contribution in [0.15, 0.2) is 53.5 Å². The van der Waals surface area contributed by atoms with Gasteiger partial charge in [-0.25, -0.2) is 4.98 Å². The van der Waals surface area contributed by atoms with E-state index in [1.807, 2.05) is 13.8 Å². The monoisotopic (exact) mass is 453 g/mol. The van der Waals surface area contributed by atoms with Gasteiger partial charge in [0.15, 0.2) is 0 Å². The number of likely N-dealkylation sites (N-methyl/N-ethyl adjacent to an activating group) is 1. The molecule has 0 fully saturated rings. The maximum atomic E-state index is 12.8. The Bertz CT molecular complexity index is 1520. The van der Waals surface area contributed by atoms with E-state index in [1.165, 1.54) is 28.0 Å². The molecule has 1 aliphatic carbocycles. The van der Waals surface area contributed by atoms with Crippen LogP contribution in [0.2, 0.25) is 0 Å². The Kier molecular flexibility index (Phi) is 5.44. The van der Waals surface area contributed by atoms with Crippen molar-refractivity contribution in [3.05, 3.63) is 86.8 Å². The number of hydrogen-bond donors (Lipinski definition) is 2. The highest BCUT2D eigenvalue weighted by Crippen LogP contribution is 2.33. The van der Waals surface area contributed by atoms with Crippen LogP contribution in [0.25, 0.3) is 27.9 Å². The second kappa shape index (κ2) is 8.45. The molecule has 0 atom stereocenters. The molecule has 2 aromatic heterocycles. The number of carbonyl (C=O) groups is 1. The van der Waals surface area contributed by atoms with E-state index in [4.69, 9.17) is 0 Å². The van der Waals surface area contributed by atoms with Crippen LogP contribution in [0.1, 0.15) is 47.6 Å². The lowest BCUT2D eigenvalue weighted by molar-refractivity contribution is -0.125. The van der Waals surface area contributed by atoms with Gasteiger partial charge in [0.05, 0.1) is 10.9 Å². The lowest BCUT2D eigenvalue weighted by Gasteiger charge is -2.17. The van der Waals surface area contributed by atoms with Crippen LogP contribution < -0.4 is 5.56 Å². The quantitative estimate of drug-likeness (QED) is 0.430. The third-order valence-corrected chi connectivity index (χ3v) is 6.64. The van der Waals surface area contributed by atoms with Gasteiger partial charge in [-0.05, 0) is 63.9 Å². The van der Waals surface area contributed by atoms with Crippen LogP contribution in [0.4, 0.5) is 0 Å². The molecule has 0 unspecified atom stereocenters. The number of aromatic amines is 1. The van der Waals surface area contributed by atoms with Gasteiger partial charge in [0.1, 0.15) is 11.4 Å². The summed E-state index contributed by atoms with van der Waals surface area (Å²) in [6.07, 6.45) is 6.91. The maximum Gasteiger partial charge on any atom is 0.256 e. The molecule has 0 spiro atoms. The van der Waals surface area contributed by atoms with E-state index in [-0.39, 0.29) is 23.1 Å². The zero-order valence-corrected chi connectivity index (χ0v) is 19.6. The number of aromatic hydroxyl groups is 1. The molecule has 2 aromatic carbocycles. The predicted octanol–water partition coefficient (Wildman–Crippen LogP) is 4.68. The molecule has 2 heterocycles. The van der Waals surface area contributed by atoms with Gasteiger partial charge in [0.25, 0.3) is 5.56 Å². The summed E-state index contributed by atoms with van der Waals surface area (Å²) in [5.41, 5.74) is 4.88. The number of fused-ring (bicyclic) bond motifs is 1. The van der Waals surface area contributed by atoms with Gasteiger partial charge in [-0.1, -0.05) is 44.2 Å². The molecule has 172 valence electrons. The fourth-order valence-corrected chi connectivity index (χ4v) is 4.89. The number of rotatable bonds is 5. The van der Waals surface area contributed by atoms with Crippen molar-refractivity contribution in [3.63, 3.8) is 0 Å². The van der Waals surface area contributed by atoms with Crippen molar-refractivity contribution in [2.24, 2.45) is 0 Å². The van der Waals surface area contributed by atoms with Gasteiger partial charge in [0, 0.05) is 25.9 Å². The Morgan fingerprint density at radius 2 is 1.94 bits per heavy atom. The molecule has 5 rings (SSSR count). The highest BCUT2D eigenvalue weighted by molar-refractivity contribution is 5.95. The fraction of sp³-hybridized carbons (Fsp3) is 0.250. The highest BCUT2D eigenvalue weighted by atomic mass is 16.3. The Balaban J connectivity index is 1.38. The summed E-state index contributed by atoms with van der Waals surface area (Å²) in [6.45, 7) is 4.22. The minimum Gasteiger partial charge on any atom is -0.507 e. The Morgan fingerprint density at radius 1 is 1.18 bits per heavy atom.